The summed E-state index contributed by atoms with van der Waals surface area (Å²) in [6.07, 6.45) is 1.13. The van der Waals surface area contributed by atoms with Crippen LogP contribution in [-0.2, 0) is 11.2 Å². The highest BCUT2D eigenvalue weighted by atomic mass is 16.5. The minimum absolute atomic E-state index is 0.123. The molecule has 0 spiro atoms. The zero-order valence-electron chi connectivity index (χ0n) is 15.0. The van der Waals surface area contributed by atoms with Crippen molar-refractivity contribution in [1.82, 2.24) is 9.55 Å². The molecule has 0 radical (unpaired) electrons. The lowest BCUT2D eigenvalue weighted by molar-refractivity contribution is -0.0459. The molecule has 3 atom stereocenters. The molecule has 1 aliphatic rings. The number of hydrogen-bond donors (Lipinski definition) is 3. The minimum Gasteiger partial charge on any atom is -0.394 e. The Bertz CT molecular complexity index is 965. The van der Waals surface area contributed by atoms with Crippen LogP contribution in [0, 0.1) is 11.8 Å². The highest BCUT2D eigenvalue weighted by Crippen LogP contribution is 2.27. The van der Waals surface area contributed by atoms with Crippen molar-refractivity contribution in [3.63, 3.8) is 0 Å². The maximum atomic E-state index is 12.1. The molecule has 1 saturated heterocycles. The number of aryl methyl sites for hydroxylation is 1. The van der Waals surface area contributed by atoms with Gasteiger partial charge in [-0.15, -0.1) is 0 Å². The third-order valence-electron chi connectivity index (χ3n) is 4.50. The second-order valence-corrected chi connectivity index (χ2v) is 6.52. The fourth-order valence-electron chi connectivity index (χ4n) is 3.02. The van der Waals surface area contributed by atoms with Gasteiger partial charge in [0.15, 0.2) is 0 Å². The Kier molecular flexibility index (Phi) is 5.91. The molecule has 3 rings (SSSR count). The van der Waals surface area contributed by atoms with E-state index in [1.807, 2.05) is 24.3 Å². The molecule has 0 aliphatic carbocycles. The Morgan fingerprint density at radius 1 is 1.26 bits per heavy atom. The number of rotatable bonds is 4. The van der Waals surface area contributed by atoms with Crippen LogP contribution in [0.15, 0.2) is 40.1 Å². The van der Waals surface area contributed by atoms with Crippen molar-refractivity contribution >= 4 is 0 Å². The monoisotopic (exact) mass is 370 g/mol. The van der Waals surface area contributed by atoms with Gasteiger partial charge in [-0.2, -0.15) is 0 Å². The van der Waals surface area contributed by atoms with Crippen LogP contribution in [0.3, 0.4) is 0 Å². The van der Waals surface area contributed by atoms with Crippen molar-refractivity contribution in [2.75, 3.05) is 6.61 Å². The van der Waals surface area contributed by atoms with Crippen molar-refractivity contribution in [3.8, 4) is 11.8 Å². The number of aliphatic hydroxyl groups excluding tert-OH is 2. The van der Waals surface area contributed by atoms with Crippen LogP contribution in [-0.4, -0.2) is 38.6 Å². The number of ether oxygens (including phenoxy) is 1. The summed E-state index contributed by atoms with van der Waals surface area (Å²) in [6, 6.07) is 7.79. The first-order valence-corrected chi connectivity index (χ1v) is 8.92. The Morgan fingerprint density at radius 2 is 2.00 bits per heavy atom. The van der Waals surface area contributed by atoms with E-state index in [2.05, 4.69) is 23.7 Å². The summed E-state index contributed by atoms with van der Waals surface area (Å²) in [6.45, 7) is 1.77. The highest BCUT2D eigenvalue weighted by Gasteiger charge is 2.35. The summed E-state index contributed by atoms with van der Waals surface area (Å²) >= 11 is 0. The van der Waals surface area contributed by atoms with Gasteiger partial charge in [0.2, 0.25) is 0 Å². The molecule has 1 aromatic carbocycles. The maximum absolute atomic E-state index is 12.1. The van der Waals surface area contributed by atoms with E-state index < -0.39 is 29.7 Å². The molecule has 7 heteroatoms. The summed E-state index contributed by atoms with van der Waals surface area (Å²) in [5.74, 6) is 5.71. The molecule has 0 bridgehead atoms. The lowest BCUT2D eigenvalue weighted by atomic mass is 10.1. The Labute approximate surface area is 156 Å². The van der Waals surface area contributed by atoms with Gasteiger partial charge < -0.3 is 14.9 Å². The number of hydrogen-bond acceptors (Lipinski definition) is 5. The maximum Gasteiger partial charge on any atom is 0.330 e. The second kappa shape index (κ2) is 8.35. The molecule has 3 N–H and O–H groups in total. The largest absolute Gasteiger partial charge is 0.394 e. The molecule has 0 amide bonds. The van der Waals surface area contributed by atoms with Gasteiger partial charge in [-0.05, 0) is 24.1 Å². The molecule has 2 heterocycles. The van der Waals surface area contributed by atoms with E-state index in [0.717, 1.165) is 18.4 Å². The molecule has 0 unspecified atom stereocenters. The highest BCUT2D eigenvalue weighted by molar-refractivity contribution is 5.42. The standard InChI is InChI=1S/C20H22N2O5/c1-2-3-13-4-6-14(7-5-13)8-9-15-11-22(20(26)21-19(15)25)18-10-16(24)17(12-23)27-18/h4-7,11,16-18,23-24H,2-3,10,12H2,1H3,(H,21,25,26)/t16-,17+,18+/m0/s1. The van der Waals surface area contributed by atoms with Crippen LogP contribution < -0.4 is 11.2 Å². The number of aliphatic hydroxyl groups is 2. The van der Waals surface area contributed by atoms with Gasteiger partial charge in [0.25, 0.3) is 5.56 Å². The predicted octanol–water partition coefficient (Wildman–Crippen LogP) is 0.530. The molecule has 27 heavy (non-hydrogen) atoms. The smallest absolute Gasteiger partial charge is 0.330 e. The molecule has 1 aromatic heterocycles. The van der Waals surface area contributed by atoms with Gasteiger partial charge in [0, 0.05) is 18.2 Å². The summed E-state index contributed by atoms with van der Waals surface area (Å²) in [4.78, 5) is 26.4. The van der Waals surface area contributed by atoms with Gasteiger partial charge in [-0.3, -0.25) is 14.3 Å². The van der Waals surface area contributed by atoms with Gasteiger partial charge in [0.05, 0.1) is 12.7 Å². The SMILES string of the molecule is CCCc1ccc(C#Cc2cn([C@H]3C[C@H](O)[C@@H](CO)O3)c(=O)[nH]c2=O)cc1. The summed E-state index contributed by atoms with van der Waals surface area (Å²) in [5, 5.41) is 19.0. The van der Waals surface area contributed by atoms with E-state index in [0.29, 0.717) is 0 Å². The summed E-state index contributed by atoms with van der Waals surface area (Å²) in [7, 11) is 0. The zero-order valence-corrected chi connectivity index (χ0v) is 15.0. The predicted molar refractivity (Wildman–Crippen MR) is 99.4 cm³/mol. The topological polar surface area (TPSA) is 105 Å². The van der Waals surface area contributed by atoms with Crippen molar-refractivity contribution in [3.05, 3.63) is 68.0 Å². The van der Waals surface area contributed by atoms with Crippen LogP contribution in [0.25, 0.3) is 0 Å². The molecular formula is C20H22N2O5. The Morgan fingerprint density at radius 3 is 2.63 bits per heavy atom. The van der Waals surface area contributed by atoms with Crippen LogP contribution in [0.4, 0.5) is 0 Å². The first kappa shape index (κ1) is 19.1. The molecular weight excluding hydrogens is 348 g/mol. The normalized spacial score (nSPS) is 21.7. The summed E-state index contributed by atoms with van der Waals surface area (Å²) < 4.78 is 6.67. The molecule has 7 nitrogen and oxygen atoms in total. The average molecular weight is 370 g/mol. The van der Waals surface area contributed by atoms with Crippen molar-refractivity contribution in [2.45, 2.75) is 44.6 Å². The van der Waals surface area contributed by atoms with Crippen molar-refractivity contribution in [1.29, 1.82) is 0 Å². The number of nitrogens with zero attached hydrogens (tertiary/aromatic N) is 1. The Hall–Kier alpha value is -2.66. The number of aromatic nitrogens is 2. The van der Waals surface area contributed by atoms with E-state index in [1.165, 1.54) is 16.3 Å². The molecule has 1 aliphatic heterocycles. The number of benzene rings is 1. The molecule has 1 fully saturated rings. The zero-order chi connectivity index (χ0) is 19.4. The van der Waals surface area contributed by atoms with E-state index >= 15 is 0 Å². The lowest BCUT2D eigenvalue weighted by Gasteiger charge is -2.14. The molecule has 142 valence electrons. The fourth-order valence-corrected chi connectivity index (χ4v) is 3.02. The quantitative estimate of drug-likeness (QED) is 0.681. The second-order valence-electron chi connectivity index (χ2n) is 6.52. The number of H-pyrrole nitrogens is 1. The van der Waals surface area contributed by atoms with Gasteiger partial charge in [-0.1, -0.05) is 37.3 Å². The minimum atomic E-state index is -0.880. The molecule has 2 aromatic rings. The van der Waals surface area contributed by atoms with Crippen LogP contribution in [0.5, 0.6) is 0 Å². The average Bonchev–Trinajstić information content (AvgIpc) is 3.03. The fraction of sp³-hybridized carbons (Fsp3) is 0.400. The third kappa shape index (κ3) is 4.37. The third-order valence-corrected chi connectivity index (χ3v) is 4.50. The summed E-state index contributed by atoms with van der Waals surface area (Å²) in [5.41, 5.74) is 0.886. The van der Waals surface area contributed by atoms with Gasteiger partial charge in [0.1, 0.15) is 17.9 Å². The van der Waals surface area contributed by atoms with E-state index in [4.69, 9.17) is 4.74 Å². The van der Waals surface area contributed by atoms with E-state index in [9.17, 15) is 19.8 Å². The number of aromatic amines is 1. The molecule has 0 saturated carbocycles. The van der Waals surface area contributed by atoms with Crippen molar-refractivity contribution < 1.29 is 14.9 Å². The van der Waals surface area contributed by atoms with Gasteiger partial charge >= 0.3 is 5.69 Å². The number of nitrogens with one attached hydrogen (secondary N) is 1. The first-order chi connectivity index (χ1) is 13.0. The van der Waals surface area contributed by atoms with Crippen molar-refractivity contribution in [2.24, 2.45) is 0 Å². The van der Waals surface area contributed by atoms with E-state index in [-0.39, 0.29) is 18.6 Å². The van der Waals surface area contributed by atoms with E-state index in [1.54, 1.807) is 0 Å². The van der Waals surface area contributed by atoms with Crippen LogP contribution >= 0.6 is 0 Å². The van der Waals surface area contributed by atoms with Crippen LogP contribution in [0.1, 0.15) is 42.7 Å². The Balaban J connectivity index is 1.87. The van der Waals surface area contributed by atoms with Crippen LogP contribution in [0.2, 0.25) is 0 Å². The first-order valence-electron chi connectivity index (χ1n) is 8.92. The lowest BCUT2D eigenvalue weighted by Crippen LogP contribution is -2.33. The van der Waals surface area contributed by atoms with Gasteiger partial charge in [-0.25, -0.2) is 4.79 Å².